The summed E-state index contributed by atoms with van der Waals surface area (Å²) in [6.45, 7) is 3.92. The molecule has 0 aliphatic carbocycles. The van der Waals surface area contributed by atoms with Gasteiger partial charge in [0.25, 0.3) is 0 Å². The van der Waals surface area contributed by atoms with Gasteiger partial charge < -0.3 is 5.11 Å². The smallest absolute Gasteiger partial charge is 0.0772 e. The quantitative estimate of drug-likeness (QED) is 0.783. The molecule has 100 valence electrons. The predicted molar refractivity (Wildman–Crippen MR) is 85.5 cm³/mol. The number of aliphatic hydroxyl groups excluding tert-OH is 1. The van der Waals surface area contributed by atoms with Crippen molar-refractivity contribution < 1.29 is 5.11 Å². The third-order valence-electron chi connectivity index (χ3n) is 3.08. The summed E-state index contributed by atoms with van der Waals surface area (Å²) in [4.78, 5) is 1.21. The fourth-order valence-electron chi connectivity index (χ4n) is 1.87. The van der Waals surface area contributed by atoms with Crippen LogP contribution < -0.4 is 0 Å². The minimum absolute atomic E-state index is 0.440. The van der Waals surface area contributed by atoms with Crippen LogP contribution >= 0.6 is 27.7 Å². The average Bonchev–Trinajstić information content (AvgIpc) is 2.37. The third-order valence-corrected chi connectivity index (χ3v) is 4.81. The van der Waals surface area contributed by atoms with Crippen LogP contribution in [0.5, 0.6) is 0 Å². The molecule has 0 saturated heterocycles. The van der Waals surface area contributed by atoms with Crippen molar-refractivity contribution in [2.24, 2.45) is 0 Å². The Morgan fingerprint density at radius 3 is 2.58 bits per heavy atom. The minimum Gasteiger partial charge on any atom is -0.389 e. The fraction of sp³-hybridized carbons (Fsp3) is 0.250. The number of halogens is 1. The van der Waals surface area contributed by atoms with E-state index in [1.54, 1.807) is 6.92 Å². The van der Waals surface area contributed by atoms with Crippen LogP contribution in [0.4, 0.5) is 0 Å². The van der Waals surface area contributed by atoms with Gasteiger partial charge in [-0.15, -0.1) is 11.8 Å². The molecule has 19 heavy (non-hydrogen) atoms. The number of aliphatic hydroxyl groups is 1. The maximum atomic E-state index is 9.60. The van der Waals surface area contributed by atoms with Gasteiger partial charge in [-0.3, -0.25) is 0 Å². The van der Waals surface area contributed by atoms with E-state index >= 15 is 0 Å². The molecule has 0 aromatic heterocycles. The molecule has 0 unspecified atom stereocenters. The molecule has 0 fully saturated rings. The maximum absolute atomic E-state index is 9.60. The second kappa shape index (κ2) is 6.60. The van der Waals surface area contributed by atoms with Crippen LogP contribution in [0.25, 0.3) is 0 Å². The van der Waals surface area contributed by atoms with E-state index in [0.717, 1.165) is 15.8 Å². The van der Waals surface area contributed by atoms with Crippen molar-refractivity contribution in [3.05, 3.63) is 63.6 Å². The molecule has 2 rings (SSSR count). The Morgan fingerprint density at radius 1 is 1.21 bits per heavy atom. The summed E-state index contributed by atoms with van der Waals surface area (Å²) < 4.78 is 0.970. The van der Waals surface area contributed by atoms with Crippen molar-refractivity contribution >= 4 is 27.7 Å². The van der Waals surface area contributed by atoms with E-state index in [0.29, 0.717) is 0 Å². The number of hydrogen-bond donors (Lipinski definition) is 1. The van der Waals surface area contributed by atoms with E-state index < -0.39 is 6.10 Å². The molecule has 1 atom stereocenters. The van der Waals surface area contributed by atoms with Crippen molar-refractivity contribution in [3.63, 3.8) is 0 Å². The molecule has 0 bridgehead atoms. The van der Waals surface area contributed by atoms with Gasteiger partial charge in [0.2, 0.25) is 0 Å². The second-order valence-corrected chi connectivity index (χ2v) is 6.48. The van der Waals surface area contributed by atoms with Crippen molar-refractivity contribution in [2.45, 2.75) is 30.6 Å². The number of benzene rings is 2. The predicted octanol–water partition coefficient (Wildman–Crippen LogP) is 5.10. The van der Waals surface area contributed by atoms with Crippen LogP contribution in [0.1, 0.15) is 29.7 Å². The average molecular weight is 337 g/mol. The van der Waals surface area contributed by atoms with Crippen molar-refractivity contribution in [3.8, 4) is 0 Å². The Labute approximate surface area is 127 Å². The Balaban J connectivity index is 2.08. The first kappa shape index (κ1) is 14.6. The van der Waals surface area contributed by atoms with Crippen LogP contribution in [-0.2, 0) is 5.75 Å². The lowest BCUT2D eigenvalue weighted by Gasteiger charge is -2.10. The highest BCUT2D eigenvalue weighted by Crippen LogP contribution is 2.30. The maximum Gasteiger partial charge on any atom is 0.0772 e. The second-order valence-electron chi connectivity index (χ2n) is 4.57. The molecule has 0 saturated carbocycles. The molecule has 0 amide bonds. The van der Waals surface area contributed by atoms with Gasteiger partial charge in [-0.2, -0.15) is 0 Å². The van der Waals surface area contributed by atoms with Gasteiger partial charge in [0.15, 0.2) is 0 Å². The lowest BCUT2D eigenvalue weighted by molar-refractivity contribution is 0.198. The fourth-order valence-corrected chi connectivity index (χ4v) is 3.74. The first-order valence-electron chi connectivity index (χ1n) is 6.22. The standard InChI is InChI=1S/C16H17BrOS/c1-11-5-3-4-6-13(11)10-19-14-7-8-15(12(2)18)16(17)9-14/h3-9,12,18H,10H2,1-2H3/t12-/m0/s1. The zero-order chi connectivity index (χ0) is 13.8. The third kappa shape index (κ3) is 3.85. The summed E-state index contributed by atoms with van der Waals surface area (Å²) >= 11 is 5.33. The Bertz CT molecular complexity index is 566. The first-order valence-corrected chi connectivity index (χ1v) is 8.00. The van der Waals surface area contributed by atoms with Crippen LogP contribution in [0.15, 0.2) is 51.8 Å². The first-order chi connectivity index (χ1) is 9.08. The number of aryl methyl sites for hydroxylation is 1. The van der Waals surface area contributed by atoms with E-state index in [4.69, 9.17) is 0 Å². The van der Waals surface area contributed by atoms with E-state index in [1.807, 2.05) is 17.8 Å². The molecule has 1 N–H and O–H groups in total. The molecule has 2 aromatic rings. The highest BCUT2D eigenvalue weighted by molar-refractivity contribution is 9.10. The summed E-state index contributed by atoms with van der Waals surface area (Å²) in [5, 5.41) is 9.60. The van der Waals surface area contributed by atoms with Crippen LogP contribution in [0.3, 0.4) is 0 Å². The largest absolute Gasteiger partial charge is 0.389 e. The van der Waals surface area contributed by atoms with Crippen LogP contribution in [0, 0.1) is 6.92 Å². The van der Waals surface area contributed by atoms with Crippen LogP contribution in [0.2, 0.25) is 0 Å². The van der Waals surface area contributed by atoms with Gasteiger partial charge >= 0.3 is 0 Å². The molecular formula is C16H17BrOS. The van der Waals surface area contributed by atoms with Gasteiger partial charge in [0.1, 0.15) is 0 Å². The lowest BCUT2D eigenvalue weighted by atomic mass is 10.1. The Morgan fingerprint density at radius 2 is 1.95 bits per heavy atom. The number of thioether (sulfide) groups is 1. The van der Waals surface area contributed by atoms with Crippen molar-refractivity contribution in [1.29, 1.82) is 0 Å². The molecule has 0 heterocycles. The summed E-state index contributed by atoms with van der Waals surface area (Å²) in [6, 6.07) is 14.6. The zero-order valence-electron chi connectivity index (χ0n) is 11.1. The van der Waals surface area contributed by atoms with Gasteiger partial charge in [-0.05, 0) is 42.7 Å². The zero-order valence-corrected chi connectivity index (χ0v) is 13.5. The molecule has 0 aliphatic heterocycles. The highest BCUT2D eigenvalue weighted by Gasteiger charge is 2.07. The van der Waals surface area contributed by atoms with Gasteiger partial charge in [0, 0.05) is 15.1 Å². The van der Waals surface area contributed by atoms with Crippen LogP contribution in [-0.4, -0.2) is 5.11 Å². The topological polar surface area (TPSA) is 20.2 Å². The molecule has 1 nitrogen and oxygen atoms in total. The number of hydrogen-bond acceptors (Lipinski definition) is 2. The van der Waals surface area contributed by atoms with Crippen molar-refractivity contribution in [2.75, 3.05) is 0 Å². The van der Waals surface area contributed by atoms with E-state index in [9.17, 15) is 5.11 Å². The molecule has 0 spiro atoms. The summed E-state index contributed by atoms with van der Waals surface area (Å²) in [5.41, 5.74) is 3.62. The SMILES string of the molecule is Cc1ccccc1CSc1ccc([C@H](C)O)c(Br)c1. The number of rotatable bonds is 4. The molecule has 2 aromatic carbocycles. The van der Waals surface area contributed by atoms with Crippen molar-refractivity contribution in [1.82, 2.24) is 0 Å². The molecule has 3 heteroatoms. The van der Waals surface area contributed by atoms with E-state index in [-0.39, 0.29) is 0 Å². The van der Waals surface area contributed by atoms with Gasteiger partial charge in [0.05, 0.1) is 6.10 Å². The minimum atomic E-state index is -0.440. The normalized spacial score (nSPS) is 12.4. The monoisotopic (exact) mass is 336 g/mol. The van der Waals surface area contributed by atoms with E-state index in [2.05, 4.69) is 59.3 Å². The molecule has 0 radical (unpaired) electrons. The molecule has 0 aliphatic rings. The van der Waals surface area contributed by atoms with E-state index in [1.165, 1.54) is 16.0 Å². The lowest BCUT2D eigenvalue weighted by Crippen LogP contribution is -1.92. The Hall–Kier alpha value is -0.770. The van der Waals surface area contributed by atoms with Gasteiger partial charge in [-0.25, -0.2) is 0 Å². The van der Waals surface area contributed by atoms with Gasteiger partial charge in [-0.1, -0.05) is 46.3 Å². The Kier molecular flexibility index (Phi) is 5.08. The summed E-state index contributed by atoms with van der Waals surface area (Å²) in [6.07, 6.45) is -0.440. The molecular weight excluding hydrogens is 320 g/mol. The summed E-state index contributed by atoms with van der Waals surface area (Å²) in [5.74, 6) is 0.965. The highest BCUT2D eigenvalue weighted by atomic mass is 79.9. The summed E-state index contributed by atoms with van der Waals surface area (Å²) in [7, 11) is 0.